The van der Waals surface area contributed by atoms with Crippen LogP contribution in [0.5, 0.6) is 0 Å². The fourth-order valence-electron chi connectivity index (χ4n) is 11.0. The van der Waals surface area contributed by atoms with Crippen LogP contribution in [0.4, 0.5) is 0 Å². The third-order valence-electron chi connectivity index (χ3n) is 15.3. The van der Waals surface area contributed by atoms with Crippen LogP contribution in [0.25, 0.3) is 0 Å². The molecule has 0 aliphatic heterocycles. The summed E-state index contributed by atoms with van der Waals surface area (Å²) in [4.78, 5) is 0. The van der Waals surface area contributed by atoms with Gasteiger partial charge < -0.3 is 0 Å². The first kappa shape index (κ1) is 64.6. The molecule has 0 bridgehead atoms. The Morgan fingerprint density at radius 1 is 0.159 bits per heavy atom. The van der Waals surface area contributed by atoms with E-state index in [9.17, 15) is 0 Å². The Labute approximate surface area is 412 Å². The molecule has 0 atom stereocenters. The molecule has 0 saturated carbocycles. The second kappa shape index (κ2) is 52.9. The summed E-state index contributed by atoms with van der Waals surface area (Å²) < 4.78 is 18.4. The maximum atomic E-state index is 8.80. The minimum absolute atomic E-state index is 1.37. The van der Waals surface area contributed by atoms with E-state index in [0.29, 0.717) is 0 Å². The van der Waals surface area contributed by atoms with Crippen LogP contribution in [-0.2, 0) is 1.41 Å². The summed E-state index contributed by atoms with van der Waals surface area (Å²) in [6.07, 6.45) is 70.5. The van der Waals surface area contributed by atoms with Crippen LogP contribution >= 0.6 is 0 Å². The molecule has 0 aliphatic carbocycles. The molecule has 0 radical (unpaired) electrons. The van der Waals surface area contributed by atoms with Crippen molar-refractivity contribution in [3.05, 3.63) is 0 Å². The predicted molar refractivity (Wildman–Crippen MR) is 297 cm³/mol. The van der Waals surface area contributed by atoms with Gasteiger partial charge in [-0.05, 0) is 0 Å². The van der Waals surface area contributed by atoms with Crippen molar-refractivity contribution >= 4 is 37.6 Å². The summed E-state index contributed by atoms with van der Waals surface area (Å²) in [7, 11) is 0. The standard InChI is InChI=1S/6C10H21.O.2Sn/c6*1-3-5-7-9-10-8-6-4-2;;;/h6*1,3-10H2,2H3;;;. The zero-order valence-electron chi connectivity index (χ0n) is 45.6. The molecule has 0 saturated heterocycles. The Kier molecular flexibility index (Phi) is 54.2. The summed E-state index contributed by atoms with van der Waals surface area (Å²) in [5.41, 5.74) is 0. The van der Waals surface area contributed by atoms with Crippen LogP contribution in [0, 0.1) is 0 Å². The molecule has 0 N–H and O–H groups in total. The van der Waals surface area contributed by atoms with E-state index >= 15 is 0 Å². The molecule has 0 aromatic carbocycles. The van der Waals surface area contributed by atoms with Gasteiger partial charge in [0.1, 0.15) is 0 Å². The van der Waals surface area contributed by atoms with E-state index in [1.807, 2.05) is 0 Å². The van der Waals surface area contributed by atoms with E-state index in [-0.39, 0.29) is 0 Å². The molecule has 1 nitrogen and oxygen atoms in total. The first-order chi connectivity index (χ1) is 31.1. The van der Waals surface area contributed by atoms with E-state index in [1.54, 1.807) is 26.6 Å². The van der Waals surface area contributed by atoms with E-state index in [2.05, 4.69) is 41.5 Å². The summed E-state index contributed by atoms with van der Waals surface area (Å²) in [6, 6.07) is 0. The monoisotopic (exact) mass is 1100 g/mol. The van der Waals surface area contributed by atoms with Gasteiger partial charge >= 0.3 is 415 Å². The van der Waals surface area contributed by atoms with Gasteiger partial charge in [-0.3, -0.25) is 0 Å². The molecular formula is C60H126OSn2. The molecule has 63 heavy (non-hydrogen) atoms. The van der Waals surface area contributed by atoms with Crippen LogP contribution in [0.2, 0.25) is 26.6 Å². The van der Waals surface area contributed by atoms with E-state index in [0.717, 1.165) is 0 Å². The van der Waals surface area contributed by atoms with Gasteiger partial charge in [-0.2, -0.15) is 0 Å². The molecular weight excluding hydrogens is 974 g/mol. The molecule has 3 heteroatoms. The molecule has 0 spiro atoms. The van der Waals surface area contributed by atoms with Gasteiger partial charge in [0.05, 0.1) is 0 Å². The zero-order valence-corrected chi connectivity index (χ0v) is 51.3. The van der Waals surface area contributed by atoms with Gasteiger partial charge in [0, 0.05) is 0 Å². The minimum atomic E-state index is -2.89. The maximum absolute atomic E-state index is 8.80. The van der Waals surface area contributed by atoms with Crippen molar-refractivity contribution < 1.29 is 1.41 Å². The third-order valence-corrected chi connectivity index (χ3v) is 56.1. The number of hydrogen-bond acceptors (Lipinski definition) is 1. The van der Waals surface area contributed by atoms with Crippen LogP contribution in [0.3, 0.4) is 0 Å². The van der Waals surface area contributed by atoms with Crippen LogP contribution in [0.15, 0.2) is 0 Å². The fraction of sp³-hybridized carbons (Fsp3) is 1.00. The van der Waals surface area contributed by atoms with E-state index < -0.39 is 37.6 Å². The van der Waals surface area contributed by atoms with Gasteiger partial charge in [-0.1, -0.05) is 0 Å². The van der Waals surface area contributed by atoms with Crippen molar-refractivity contribution in [2.75, 3.05) is 0 Å². The summed E-state index contributed by atoms with van der Waals surface area (Å²) >= 11 is -5.79. The first-order valence-electron chi connectivity index (χ1n) is 30.8. The Morgan fingerprint density at radius 3 is 0.397 bits per heavy atom. The zero-order chi connectivity index (χ0) is 45.9. The number of rotatable bonds is 56. The second-order valence-corrected chi connectivity index (χ2v) is 48.4. The Morgan fingerprint density at radius 2 is 0.270 bits per heavy atom. The van der Waals surface area contributed by atoms with Gasteiger partial charge in [-0.25, -0.2) is 0 Å². The molecule has 0 heterocycles. The second-order valence-electron chi connectivity index (χ2n) is 21.8. The molecule has 0 aromatic rings. The normalized spacial score (nSPS) is 12.3. The molecule has 0 rings (SSSR count). The van der Waals surface area contributed by atoms with Crippen LogP contribution < -0.4 is 0 Å². The number of hydrogen-bond donors (Lipinski definition) is 0. The Hall–Kier alpha value is 1.56. The van der Waals surface area contributed by atoms with E-state index in [4.69, 9.17) is 1.41 Å². The van der Waals surface area contributed by atoms with Gasteiger partial charge in [0.25, 0.3) is 0 Å². The number of unbranched alkanes of at least 4 members (excludes halogenated alkanes) is 42. The van der Waals surface area contributed by atoms with Gasteiger partial charge in [-0.15, -0.1) is 0 Å². The molecule has 0 aliphatic rings. The van der Waals surface area contributed by atoms with Crippen LogP contribution in [-0.4, -0.2) is 37.6 Å². The average Bonchev–Trinajstić information content (AvgIpc) is 3.29. The first-order valence-corrected chi connectivity index (χ1v) is 45.2. The molecule has 380 valence electrons. The van der Waals surface area contributed by atoms with Crippen molar-refractivity contribution in [1.82, 2.24) is 0 Å². The predicted octanol–water partition coefficient (Wildman–Crippen LogP) is 23.7. The topological polar surface area (TPSA) is 9.23 Å². The molecule has 0 fully saturated rings. The average molecular weight is 1100 g/mol. The molecule has 0 amide bonds. The SMILES string of the molecule is CCCCCCCCC[CH2][Sn]([CH2]CCCCCCCCC)([CH2]CCCCCCCCC)[O][Sn]([CH2]CCCCCCCCC)([CH2]CCCCCCCCC)[CH2]CCCCCCCCC. The molecule has 0 aromatic heterocycles. The van der Waals surface area contributed by atoms with E-state index in [1.165, 1.54) is 308 Å². The third kappa shape index (κ3) is 44.5. The molecule has 0 unspecified atom stereocenters. The quantitative estimate of drug-likeness (QED) is 0.0436. The van der Waals surface area contributed by atoms with Gasteiger partial charge in [0.15, 0.2) is 0 Å². The van der Waals surface area contributed by atoms with Crippen molar-refractivity contribution in [2.24, 2.45) is 0 Å². The summed E-state index contributed by atoms with van der Waals surface area (Å²) in [5.74, 6) is 0. The van der Waals surface area contributed by atoms with Crippen LogP contribution in [0.1, 0.15) is 350 Å². The van der Waals surface area contributed by atoms with Crippen molar-refractivity contribution in [3.8, 4) is 0 Å². The fourth-order valence-corrected chi connectivity index (χ4v) is 64.3. The summed E-state index contributed by atoms with van der Waals surface area (Å²) in [6.45, 7) is 14.2. The van der Waals surface area contributed by atoms with Crippen molar-refractivity contribution in [1.29, 1.82) is 0 Å². The Balaban J connectivity index is 6.51. The Bertz CT molecular complexity index is 662. The van der Waals surface area contributed by atoms with Crippen molar-refractivity contribution in [2.45, 2.75) is 376 Å². The van der Waals surface area contributed by atoms with Crippen molar-refractivity contribution in [3.63, 3.8) is 0 Å². The summed E-state index contributed by atoms with van der Waals surface area (Å²) in [5, 5.41) is 0. The van der Waals surface area contributed by atoms with Gasteiger partial charge in [0.2, 0.25) is 0 Å².